The third-order valence-corrected chi connectivity index (χ3v) is 4.61. The molecule has 1 aromatic heterocycles. The van der Waals surface area contributed by atoms with E-state index in [1.165, 1.54) is 6.42 Å². The third kappa shape index (κ3) is 4.36. The Morgan fingerprint density at radius 3 is 2.36 bits per heavy atom. The van der Waals surface area contributed by atoms with E-state index in [0.29, 0.717) is 16.9 Å². The summed E-state index contributed by atoms with van der Waals surface area (Å²) in [6.45, 7) is 1.78. The van der Waals surface area contributed by atoms with E-state index < -0.39 is 0 Å². The summed E-state index contributed by atoms with van der Waals surface area (Å²) in [5.74, 6) is -0.0824. The molecule has 1 aliphatic rings. The Bertz CT molecular complexity index is 758. The molecule has 3 rings (SSSR count). The number of hydrogen-bond acceptors (Lipinski definition) is 4. The minimum atomic E-state index is -0.376. The number of pyridine rings is 1. The van der Waals surface area contributed by atoms with Crippen LogP contribution >= 0.6 is 15.9 Å². The Labute approximate surface area is 154 Å². The Morgan fingerprint density at radius 2 is 1.64 bits per heavy atom. The van der Waals surface area contributed by atoms with Crippen molar-refractivity contribution in [3.63, 3.8) is 0 Å². The van der Waals surface area contributed by atoms with Gasteiger partial charge in [0.1, 0.15) is 5.82 Å². The standard InChI is InChI=1S/C18H19BrN4O2/c19-14-8-6-13(7-9-14)17(24)21-22-18(25)15-5-4-10-20-16(15)23-11-2-1-3-12-23/h4-10H,1-3,11-12H2,(H,21,24)(H,22,25). The molecule has 1 aromatic carbocycles. The highest BCUT2D eigenvalue weighted by Gasteiger charge is 2.20. The zero-order chi connectivity index (χ0) is 17.6. The van der Waals surface area contributed by atoms with Crippen LogP contribution in [0.15, 0.2) is 47.1 Å². The molecule has 0 saturated carbocycles. The summed E-state index contributed by atoms with van der Waals surface area (Å²) in [7, 11) is 0. The molecule has 0 unspecified atom stereocenters. The maximum Gasteiger partial charge on any atom is 0.273 e. The SMILES string of the molecule is O=C(NNC(=O)c1cccnc1N1CCCCC1)c1ccc(Br)cc1. The predicted octanol–water partition coefficient (Wildman–Crippen LogP) is 2.91. The molecule has 1 saturated heterocycles. The van der Waals surface area contributed by atoms with Crippen LogP contribution in [0.5, 0.6) is 0 Å². The molecule has 2 amide bonds. The summed E-state index contributed by atoms with van der Waals surface area (Å²) in [5.41, 5.74) is 5.84. The van der Waals surface area contributed by atoms with Gasteiger partial charge in [-0.15, -0.1) is 0 Å². The number of benzene rings is 1. The van der Waals surface area contributed by atoms with E-state index in [-0.39, 0.29) is 11.8 Å². The molecule has 0 radical (unpaired) electrons. The van der Waals surface area contributed by atoms with Crippen molar-refractivity contribution >= 4 is 33.6 Å². The number of amides is 2. The van der Waals surface area contributed by atoms with Crippen molar-refractivity contribution in [2.45, 2.75) is 19.3 Å². The zero-order valence-electron chi connectivity index (χ0n) is 13.7. The number of aromatic nitrogens is 1. The lowest BCUT2D eigenvalue weighted by Crippen LogP contribution is -2.42. The van der Waals surface area contributed by atoms with E-state index in [0.717, 1.165) is 30.4 Å². The Kier molecular flexibility index (Phi) is 5.65. The lowest BCUT2D eigenvalue weighted by Gasteiger charge is -2.29. The smallest absolute Gasteiger partial charge is 0.273 e. The van der Waals surface area contributed by atoms with Gasteiger partial charge in [0.25, 0.3) is 11.8 Å². The van der Waals surface area contributed by atoms with E-state index in [2.05, 4.69) is 36.7 Å². The van der Waals surface area contributed by atoms with Crippen LogP contribution in [-0.4, -0.2) is 29.9 Å². The first kappa shape index (κ1) is 17.4. The molecule has 0 spiro atoms. The number of hydrogen-bond donors (Lipinski definition) is 2. The Hall–Kier alpha value is -2.41. The number of carbonyl (C=O) groups is 2. The summed E-state index contributed by atoms with van der Waals surface area (Å²) in [4.78, 5) is 31.1. The van der Waals surface area contributed by atoms with Crippen LogP contribution in [0.3, 0.4) is 0 Å². The number of halogens is 1. The van der Waals surface area contributed by atoms with Gasteiger partial charge in [0.05, 0.1) is 5.56 Å². The lowest BCUT2D eigenvalue weighted by molar-refractivity contribution is 0.0846. The van der Waals surface area contributed by atoms with Crippen LogP contribution in [0.2, 0.25) is 0 Å². The average Bonchev–Trinajstić information content (AvgIpc) is 2.67. The van der Waals surface area contributed by atoms with Crippen LogP contribution in [0.25, 0.3) is 0 Å². The maximum atomic E-state index is 12.5. The summed E-state index contributed by atoms with van der Waals surface area (Å²) in [6.07, 6.45) is 5.07. The number of rotatable bonds is 3. The second-order valence-electron chi connectivity index (χ2n) is 5.84. The first-order chi connectivity index (χ1) is 12.1. The van der Waals surface area contributed by atoms with Crippen molar-refractivity contribution in [3.8, 4) is 0 Å². The largest absolute Gasteiger partial charge is 0.356 e. The molecule has 130 valence electrons. The molecule has 7 heteroatoms. The monoisotopic (exact) mass is 402 g/mol. The van der Waals surface area contributed by atoms with Crippen LogP contribution in [0.4, 0.5) is 5.82 Å². The molecule has 1 aliphatic heterocycles. The highest BCUT2D eigenvalue weighted by Crippen LogP contribution is 2.21. The highest BCUT2D eigenvalue weighted by atomic mass is 79.9. The van der Waals surface area contributed by atoms with Crippen LogP contribution in [0.1, 0.15) is 40.0 Å². The number of nitrogens with zero attached hydrogens (tertiary/aromatic N) is 2. The summed E-state index contributed by atoms with van der Waals surface area (Å²) < 4.78 is 0.884. The number of carbonyl (C=O) groups excluding carboxylic acids is 2. The minimum Gasteiger partial charge on any atom is -0.356 e. The molecule has 2 heterocycles. The fourth-order valence-electron chi connectivity index (χ4n) is 2.79. The topological polar surface area (TPSA) is 74.3 Å². The highest BCUT2D eigenvalue weighted by molar-refractivity contribution is 9.10. The fourth-order valence-corrected chi connectivity index (χ4v) is 3.05. The summed E-state index contributed by atoms with van der Waals surface area (Å²) in [5, 5.41) is 0. The van der Waals surface area contributed by atoms with Gasteiger partial charge in [-0.05, 0) is 55.7 Å². The molecule has 0 aliphatic carbocycles. The van der Waals surface area contributed by atoms with Crippen LogP contribution < -0.4 is 15.8 Å². The molecule has 2 N–H and O–H groups in total. The van der Waals surface area contributed by atoms with Gasteiger partial charge in [0.2, 0.25) is 0 Å². The Morgan fingerprint density at radius 1 is 0.960 bits per heavy atom. The van der Waals surface area contributed by atoms with E-state index in [1.807, 2.05) is 0 Å². The molecule has 0 atom stereocenters. The molecule has 25 heavy (non-hydrogen) atoms. The van der Waals surface area contributed by atoms with Gasteiger partial charge < -0.3 is 4.90 Å². The van der Waals surface area contributed by atoms with Gasteiger partial charge in [-0.1, -0.05) is 15.9 Å². The first-order valence-electron chi connectivity index (χ1n) is 8.21. The normalized spacial score (nSPS) is 14.0. The quantitative estimate of drug-likeness (QED) is 0.773. The second kappa shape index (κ2) is 8.11. The molecule has 0 bridgehead atoms. The molecule has 6 nitrogen and oxygen atoms in total. The van der Waals surface area contributed by atoms with E-state index in [1.54, 1.807) is 42.6 Å². The zero-order valence-corrected chi connectivity index (χ0v) is 15.3. The van der Waals surface area contributed by atoms with Crippen LogP contribution in [-0.2, 0) is 0 Å². The van der Waals surface area contributed by atoms with Gasteiger partial charge >= 0.3 is 0 Å². The molecular formula is C18H19BrN4O2. The molecule has 2 aromatic rings. The molecular weight excluding hydrogens is 384 g/mol. The predicted molar refractivity (Wildman–Crippen MR) is 99.4 cm³/mol. The average molecular weight is 403 g/mol. The summed E-state index contributed by atoms with van der Waals surface area (Å²) in [6, 6.07) is 10.3. The van der Waals surface area contributed by atoms with Gasteiger partial charge in [0, 0.05) is 29.3 Å². The Balaban J connectivity index is 1.67. The number of anilines is 1. The maximum absolute atomic E-state index is 12.5. The van der Waals surface area contributed by atoms with Gasteiger partial charge in [0.15, 0.2) is 0 Å². The lowest BCUT2D eigenvalue weighted by atomic mass is 10.1. The van der Waals surface area contributed by atoms with E-state index in [4.69, 9.17) is 0 Å². The van der Waals surface area contributed by atoms with E-state index >= 15 is 0 Å². The van der Waals surface area contributed by atoms with Gasteiger partial charge in [-0.2, -0.15) is 0 Å². The first-order valence-corrected chi connectivity index (χ1v) is 9.00. The van der Waals surface area contributed by atoms with Crippen LogP contribution in [0, 0.1) is 0 Å². The van der Waals surface area contributed by atoms with Gasteiger partial charge in [-0.3, -0.25) is 20.4 Å². The van der Waals surface area contributed by atoms with Crippen molar-refractivity contribution in [1.29, 1.82) is 0 Å². The number of nitrogens with one attached hydrogen (secondary N) is 2. The van der Waals surface area contributed by atoms with Crippen molar-refractivity contribution in [2.75, 3.05) is 18.0 Å². The number of piperidine rings is 1. The second-order valence-corrected chi connectivity index (χ2v) is 6.75. The number of hydrazine groups is 1. The summed E-state index contributed by atoms with van der Waals surface area (Å²) >= 11 is 3.32. The van der Waals surface area contributed by atoms with E-state index in [9.17, 15) is 9.59 Å². The van der Waals surface area contributed by atoms with Crippen molar-refractivity contribution in [3.05, 3.63) is 58.2 Å². The van der Waals surface area contributed by atoms with Crippen molar-refractivity contribution in [1.82, 2.24) is 15.8 Å². The van der Waals surface area contributed by atoms with Crippen molar-refractivity contribution < 1.29 is 9.59 Å². The fraction of sp³-hybridized carbons (Fsp3) is 0.278. The third-order valence-electron chi connectivity index (χ3n) is 4.08. The van der Waals surface area contributed by atoms with Gasteiger partial charge in [-0.25, -0.2) is 4.98 Å². The minimum absolute atomic E-state index is 0.371. The molecule has 1 fully saturated rings. The van der Waals surface area contributed by atoms with Crippen molar-refractivity contribution in [2.24, 2.45) is 0 Å².